The summed E-state index contributed by atoms with van der Waals surface area (Å²) in [6, 6.07) is 19.7. The Morgan fingerprint density at radius 1 is 1.00 bits per heavy atom. The summed E-state index contributed by atoms with van der Waals surface area (Å²) in [5, 5.41) is 9.96. The number of amides is 1. The topological polar surface area (TPSA) is 43.8 Å². The van der Waals surface area contributed by atoms with Gasteiger partial charge in [0.25, 0.3) is 0 Å². The number of nitrogens with zero attached hydrogens (tertiary/aromatic N) is 2. The molecule has 2 aromatic rings. The van der Waals surface area contributed by atoms with Crippen molar-refractivity contribution in [1.29, 1.82) is 0 Å². The monoisotopic (exact) mass is 474 g/mol. The van der Waals surface area contributed by atoms with Crippen LogP contribution in [0.5, 0.6) is 5.75 Å². The normalized spacial score (nSPS) is 25.6. The molecule has 2 aliphatic heterocycles. The molecule has 3 aliphatic rings. The molecule has 4 atom stereocenters. The van der Waals surface area contributed by atoms with Gasteiger partial charge in [-0.3, -0.25) is 9.69 Å². The molecule has 1 N–H and O–H groups in total. The molecule has 2 saturated heterocycles. The van der Waals surface area contributed by atoms with Crippen molar-refractivity contribution in [3.63, 3.8) is 0 Å². The van der Waals surface area contributed by atoms with E-state index in [4.69, 9.17) is 0 Å². The molecule has 0 radical (unpaired) electrons. The molecular weight excluding hydrogens is 432 g/mol. The van der Waals surface area contributed by atoms with Gasteiger partial charge in [-0.05, 0) is 74.1 Å². The van der Waals surface area contributed by atoms with Crippen LogP contribution in [0.3, 0.4) is 0 Å². The molecule has 188 valence electrons. The van der Waals surface area contributed by atoms with E-state index in [2.05, 4.69) is 47.1 Å². The molecule has 1 amide bonds. The number of hydrogen-bond acceptors (Lipinski definition) is 3. The van der Waals surface area contributed by atoms with Gasteiger partial charge >= 0.3 is 0 Å². The summed E-state index contributed by atoms with van der Waals surface area (Å²) in [5.74, 6) is 1.98. The second-order valence-electron chi connectivity index (χ2n) is 11.4. The van der Waals surface area contributed by atoms with Crippen LogP contribution in [0.2, 0.25) is 0 Å². The van der Waals surface area contributed by atoms with Crippen LogP contribution >= 0.6 is 0 Å². The number of carbonyl (C=O) groups excluding carboxylic acids is 1. The Kier molecular flexibility index (Phi) is 7.77. The number of piperidine rings is 1. The van der Waals surface area contributed by atoms with Crippen molar-refractivity contribution in [3.05, 3.63) is 65.7 Å². The van der Waals surface area contributed by atoms with Gasteiger partial charge in [0, 0.05) is 37.6 Å². The lowest BCUT2D eigenvalue weighted by molar-refractivity contribution is -0.135. The van der Waals surface area contributed by atoms with E-state index in [0.29, 0.717) is 42.6 Å². The number of fused-ring (bicyclic) bond motifs is 2. The van der Waals surface area contributed by atoms with Gasteiger partial charge in [-0.15, -0.1) is 0 Å². The highest BCUT2D eigenvalue weighted by Crippen LogP contribution is 2.43. The number of rotatable bonds is 9. The average Bonchev–Trinajstić information content (AvgIpc) is 3.46. The highest BCUT2D eigenvalue weighted by Gasteiger charge is 2.42. The summed E-state index contributed by atoms with van der Waals surface area (Å²) in [6.45, 7) is 3.93. The van der Waals surface area contributed by atoms with Crippen LogP contribution in [0.25, 0.3) is 0 Å². The molecule has 3 unspecified atom stereocenters. The van der Waals surface area contributed by atoms with E-state index in [9.17, 15) is 9.90 Å². The summed E-state index contributed by atoms with van der Waals surface area (Å²) in [5.41, 5.74) is 2.50. The third-order valence-electron chi connectivity index (χ3n) is 8.99. The number of benzene rings is 2. The minimum absolute atomic E-state index is 0.201. The SMILES string of the molecule is CC(CN1C2CC[C@@H]1CC(c1cccc(O)c1)C2)N(Cc1ccccc1)C(=O)CCC1CCCC1. The van der Waals surface area contributed by atoms with Crippen molar-refractivity contribution >= 4 is 5.91 Å². The Balaban J connectivity index is 1.25. The molecule has 1 saturated carbocycles. The quantitative estimate of drug-likeness (QED) is 0.452. The zero-order valence-corrected chi connectivity index (χ0v) is 21.3. The zero-order valence-electron chi connectivity index (χ0n) is 21.3. The highest BCUT2D eigenvalue weighted by atomic mass is 16.3. The first kappa shape index (κ1) is 24.4. The first-order valence-electron chi connectivity index (χ1n) is 13.9. The summed E-state index contributed by atoms with van der Waals surface area (Å²) in [4.78, 5) is 18.4. The van der Waals surface area contributed by atoms with E-state index in [1.54, 1.807) is 6.07 Å². The maximum Gasteiger partial charge on any atom is 0.223 e. The van der Waals surface area contributed by atoms with E-state index in [-0.39, 0.29) is 6.04 Å². The van der Waals surface area contributed by atoms with Gasteiger partial charge < -0.3 is 10.0 Å². The van der Waals surface area contributed by atoms with Crippen molar-refractivity contribution in [2.75, 3.05) is 6.54 Å². The summed E-state index contributed by atoms with van der Waals surface area (Å²) >= 11 is 0. The zero-order chi connectivity index (χ0) is 24.2. The largest absolute Gasteiger partial charge is 0.508 e. The van der Waals surface area contributed by atoms with Crippen LogP contribution in [0.15, 0.2) is 54.6 Å². The van der Waals surface area contributed by atoms with Crippen LogP contribution in [0, 0.1) is 5.92 Å². The molecule has 4 nitrogen and oxygen atoms in total. The first-order valence-corrected chi connectivity index (χ1v) is 13.9. The van der Waals surface area contributed by atoms with Crippen LogP contribution in [-0.4, -0.2) is 45.5 Å². The molecule has 4 heteroatoms. The number of phenolic OH excluding ortho intramolecular Hbond substituents is 1. The fourth-order valence-corrected chi connectivity index (χ4v) is 7.07. The predicted molar refractivity (Wildman–Crippen MR) is 141 cm³/mol. The van der Waals surface area contributed by atoms with Gasteiger partial charge in [0.15, 0.2) is 0 Å². The molecule has 0 aromatic heterocycles. The van der Waals surface area contributed by atoms with Crippen LogP contribution in [0.1, 0.15) is 88.2 Å². The second kappa shape index (κ2) is 11.2. The summed E-state index contributed by atoms with van der Waals surface area (Å²) in [6.07, 6.45) is 11.8. The molecular formula is C31H42N2O2. The van der Waals surface area contributed by atoms with Crippen LogP contribution < -0.4 is 0 Å². The maximum atomic E-state index is 13.5. The van der Waals surface area contributed by atoms with Crippen molar-refractivity contribution in [1.82, 2.24) is 9.80 Å². The van der Waals surface area contributed by atoms with Crippen molar-refractivity contribution in [2.45, 2.75) is 102 Å². The van der Waals surface area contributed by atoms with Gasteiger partial charge in [0.05, 0.1) is 0 Å². The number of hydrogen-bond donors (Lipinski definition) is 1. The smallest absolute Gasteiger partial charge is 0.223 e. The van der Waals surface area contributed by atoms with Gasteiger partial charge in [-0.2, -0.15) is 0 Å². The predicted octanol–water partition coefficient (Wildman–Crippen LogP) is 6.49. The first-order chi connectivity index (χ1) is 17.1. The highest BCUT2D eigenvalue weighted by molar-refractivity contribution is 5.76. The molecule has 3 fully saturated rings. The minimum Gasteiger partial charge on any atom is -0.508 e. The van der Waals surface area contributed by atoms with Gasteiger partial charge in [-0.25, -0.2) is 0 Å². The third-order valence-corrected chi connectivity index (χ3v) is 8.99. The van der Waals surface area contributed by atoms with E-state index >= 15 is 0 Å². The minimum atomic E-state index is 0.201. The Morgan fingerprint density at radius 2 is 1.71 bits per heavy atom. The van der Waals surface area contributed by atoms with E-state index in [1.165, 1.54) is 49.7 Å². The van der Waals surface area contributed by atoms with Gasteiger partial charge in [0.1, 0.15) is 5.75 Å². The van der Waals surface area contributed by atoms with Gasteiger partial charge in [0.2, 0.25) is 5.91 Å². The van der Waals surface area contributed by atoms with E-state index in [0.717, 1.165) is 31.7 Å². The fraction of sp³-hybridized carbons (Fsp3) is 0.581. The second-order valence-corrected chi connectivity index (χ2v) is 11.4. The molecule has 2 heterocycles. The van der Waals surface area contributed by atoms with Crippen molar-refractivity contribution in [3.8, 4) is 5.75 Å². The third kappa shape index (κ3) is 5.91. The number of carbonyl (C=O) groups is 1. The van der Waals surface area contributed by atoms with Crippen molar-refractivity contribution < 1.29 is 9.90 Å². The van der Waals surface area contributed by atoms with Crippen LogP contribution in [-0.2, 0) is 11.3 Å². The number of aromatic hydroxyl groups is 1. The lowest BCUT2D eigenvalue weighted by Crippen LogP contribution is -2.50. The van der Waals surface area contributed by atoms with Gasteiger partial charge in [-0.1, -0.05) is 68.1 Å². The molecule has 2 aromatic carbocycles. The van der Waals surface area contributed by atoms with E-state index < -0.39 is 0 Å². The number of phenols is 1. The molecule has 35 heavy (non-hydrogen) atoms. The molecule has 0 spiro atoms. The molecule has 5 rings (SSSR count). The Hall–Kier alpha value is -2.33. The fourth-order valence-electron chi connectivity index (χ4n) is 7.07. The maximum absolute atomic E-state index is 13.5. The average molecular weight is 475 g/mol. The van der Waals surface area contributed by atoms with E-state index in [1.807, 2.05) is 18.2 Å². The molecule has 1 aliphatic carbocycles. The van der Waals surface area contributed by atoms with Crippen LogP contribution in [0.4, 0.5) is 0 Å². The Labute approximate surface area is 211 Å². The lowest BCUT2D eigenvalue weighted by Gasteiger charge is -2.42. The Morgan fingerprint density at radius 3 is 2.40 bits per heavy atom. The molecule has 2 bridgehead atoms. The van der Waals surface area contributed by atoms with Crippen molar-refractivity contribution in [2.24, 2.45) is 5.92 Å². The Bertz CT molecular complexity index is 957. The summed E-state index contributed by atoms with van der Waals surface area (Å²) < 4.78 is 0. The standard InChI is InChI=1S/C31H42N2O2/c1-23(21-33-28-15-16-29(33)19-27(18-28)26-12-7-13-30(34)20-26)32(22-25-10-3-2-4-11-25)31(35)17-14-24-8-5-6-9-24/h2-4,7,10-13,20,23-24,27-29,34H,5-6,8-9,14-19,21-22H2,1H3/t23?,27?,28-,29?/m1/s1. The lowest BCUT2D eigenvalue weighted by atomic mass is 9.85. The summed E-state index contributed by atoms with van der Waals surface area (Å²) in [7, 11) is 0.